The van der Waals surface area contributed by atoms with Gasteiger partial charge in [0.1, 0.15) is 0 Å². The molecule has 5 heteroatoms. The summed E-state index contributed by atoms with van der Waals surface area (Å²) in [5.41, 5.74) is 0. The van der Waals surface area contributed by atoms with Crippen LogP contribution in [0.3, 0.4) is 0 Å². The van der Waals surface area contributed by atoms with Crippen LogP contribution in [0, 0.1) is 0 Å². The van der Waals surface area contributed by atoms with Gasteiger partial charge in [0.15, 0.2) is 0 Å². The molecule has 0 heterocycles. The number of hydrogen-bond acceptors (Lipinski definition) is 3. The highest BCUT2D eigenvalue weighted by molar-refractivity contribution is 7.84. The van der Waals surface area contributed by atoms with E-state index in [1.165, 1.54) is 20.0 Å². The summed E-state index contributed by atoms with van der Waals surface area (Å²) in [4.78, 5) is 0. The summed E-state index contributed by atoms with van der Waals surface area (Å²) in [5, 5.41) is 0. The molecule has 0 aliphatic heterocycles. The van der Waals surface area contributed by atoms with Crippen molar-refractivity contribution in [1.82, 2.24) is 4.31 Å². The van der Waals surface area contributed by atoms with E-state index in [0.717, 1.165) is 51.4 Å². The lowest BCUT2D eigenvalue weighted by Gasteiger charge is -2.39. The van der Waals surface area contributed by atoms with Gasteiger partial charge in [0.2, 0.25) is 0 Å². The Hall–Kier alpha value is -0.130. The molecule has 0 unspecified atom stereocenters. The highest BCUT2D eigenvalue weighted by atomic mass is 32.2. The third kappa shape index (κ3) is 3.25. The van der Waals surface area contributed by atoms with Crippen molar-refractivity contribution in [1.29, 1.82) is 0 Å². The first-order chi connectivity index (χ1) is 8.65. The Bertz CT molecular complexity index is 325. The van der Waals surface area contributed by atoms with Gasteiger partial charge in [0, 0.05) is 12.1 Å². The van der Waals surface area contributed by atoms with Crippen molar-refractivity contribution in [2.24, 2.45) is 0 Å². The van der Waals surface area contributed by atoms with Gasteiger partial charge in [-0.3, -0.25) is 4.18 Å². The predicted octanol–water partition coefficient (Wildman–Crippen LogP) is 2.85. The molecule has 0 N–H and O–H groups in total. The third-order valence-electron chi connectivity index (χ3n) is 4.34. The van der Waals surface area contributed by atoms with Crippen molar-refractivity contribution in [3.05, 3.63) is 0 Å². The van der Waals surface area contributed by atoms with Gasteiger partial charge in [-0.15, -0.1) is 0 Å². The Morgan fingerprint density at radius 2 is 1.22 bits per heavy atom. The molecule has 2 fully saturated rings. The van der Waals surface area contributed by atoms with Crippen molar-refractivity contribution in [2.45, 2.75) is 76.3 Å². The van der Waals surface area contributed by atoms with Crippen LogP contribution in [-0.4, -0.2) is 31.9 Å². The zero-order valence-electron chi connectivity index (χ0n) is 11.3. The molecule has 0 aromatic heterocycles. The zero-order valence-corrected chi connectivity index (χ0v) is 12.1. The summed E-state index contributed by atoms with van der Waals surface area (Å²) in [7, 11) is -2.24. The van der Waals surface area contributed by atoms with Crippen LogP contribution in [0.2, 0.25) is 0 Å². The van der Waals surface area contributed by atoms with Crippen LogP contribution in [0.5, 0.6) is 0 Å². The molecule has 0 amide bonds. The van der Waals surface area contributed by atoms with Crippen molar-refractivity contribution >= 4 is 10.3 Å². The second-order valence-corrected chi connectivity index (χ2v) is 7.15. The summed E-state index contributed by atoms with van der Waals surface area (Å²) in [5.74, 6) is 0. The molecule has 2 aliphatic carbocycles. The summed E-state index contributed by atoms with van der Waals surface area (Å²) in [6, 6.07) is 0.346. The largest absolute Gasteiger partial charge is 0.338 e. The Labute approximate surface area is 111 Å². The van der Waals surface area contributed by atoms with Gasteiger partial charge in [-0.05, 0) is 25.7 Å². The summed E-state index contributed by atoms with van der Waals surface area (Å²) in [6.45, 7) is 0. The smallest absolute Gasteiger partial charge is 0.261 e. The molecule has 2 aliphatic rings. The fraction of sp³-hybridized carbons (Fsp3) is 1.00. The maximum Gasteiger partial charge on any atom is 0.338 e. The van der Waals surface area contributed by atoms with Gasteiger partial charge >= 0.3 is 10.3 Å². The molecular weight excluding hydrogens is 250 g/mol. The summed E-state index contributed by atoms with van der Waals surface area (Å²) < 4.78 is 30.9. The first kappa shape index (κ1) is 14.3. The fourth-order valence-electron chi connectivity index (χ4n) is 3.42. The molecule has 0 aromatic carbocycles. The van der Waals surface area contributed by atoms with Crippen LogP contribution in [0.1, 0.15) is 64.2 Å². The average molecular weight is 275 g/mol. The molecule has 0 spiro atoms. The number of hydrogen-bond donors (Lipinski definition) is 0. The van der Waals surface area contributed by atoms with E-state index >= 15 is 0 Å². The minimum absolute atomic E-state index is 0.173. The van der Waals surface area contributed by atoms with Gasteiger partial charge in [-0.2, -0.15) is 12.7 Å². The molecule has 2 rings (SSSR count). The highest BCUT2D eigenvalue weighted by Gasteiger charge is 2.37. The Morgan fingerprint density at radius 3 is 1.56 bits per heavy atom. The molecule has 4 nitrogen and oxygen atoms in total. The van der Waals surface area contributed by atoms with E-state index < -0.39 is 10.3 Å². The van der Waals surface area contributed by atoms with E-state index in [1.54, 1.807) is 4.31 Å². The topological polar surface area (TPSA) is 46.6 Å². The maximum absolute atomic E-state index is 12.2. The van der Waals surface area contributed by atoms with Crippen molar-refractivity contribution < 1.29 is 12.6 Å². The van der Waals surface area contributed by atoms with Gasteiger partial charge in [-0.1, -0.05) is 38.5 Å². The van der Waals surface area contributed by atoms with E-state index in [0.29, 0.717) is 0 Å². The molecule has 0 atom stereocenters. The number of nitrogens with zero attached hydrogens (tertiary/aromatic N) is 1. The fourth-order valence-corrected chi connectivity index (χ4v) is 4.74. The van der Waals surface area contributed by atoms with E-state index in [1.807, 2.05) is 0 Å². The van der Waals surface area contributed by atoms with Crippen LogP contribution in [-0.2, 0) is 14.5 Å². The highest BCUT2D eigenvalue weighted by Crippen LogP contribution is 2.32. The molecular formula is C13H25NO3S. The molecule has 0 saturated heterocycles. The standard InChI is InChI=1S/C13H25NO3S/c1-17-18(15,16)14(12-8-4-2-5-9-12)13-10-6-3-7-11-13/h12-13H,2-11H2,1H3. The Kier molecular flexibility index (Phi) is 5.04. The lowest BCUT2D eigenvalue weighted by atomic mass is 9.91. The van der Waals surface area contributed by atoms with Crippen molar-refractivity contribution in [3.63, 3.8) is 0 Å². The minimum atomic E-state index is -3.53. The van der Waals surface area contributed by atoms with E-state index in [4.69, 9.17) is 4.18 Å². The SMILES string of the molecule is COS(=O)(=O)N(C1CCCCC1)C1CCCCC1. The van der Waals surface area contributed by atoms with Crippen molar-refractivity contribution in [2.75, 3.05) is 7.11 Å². The normalized spacial score (nSPS) is 24.6. The average Bonchev–Trinajstić information content (AvgIpc) is 2.41. The maximum atomic E-state index is 12.2. The molecule has 0 bridgehead atoms. The van der Waals surface area contributed by atoms with Crippen LogP contribution >= 0.6 is 0 Å². The first-order valence-corrected chi connectivity index (χ1v) is 8.61. The lowest BCUT2D eigenvalue weighted by Crippen LogP contribution is -2.48. The molecule has 106 valence electrons. The molecule has 0 aromatic rings. The second kappa shape index (κ2) is 6.35. The lowest BCUT2D eigenvalue weighted by molar-refractivity contribution is 0.150. The van der Waals surface area contributed by atoms with Crippen LogP contribution in [0.4, 0.5) is 0 Å². The Balaban J connectivity index is 2.15. The van der Waals surface area contributed by atoms with E-state index in [9.17, 15) is 8.42 Å². The zero-order chi connectivity index (χ0) is 13.0. The predicted molar refractivity (Wildman–Crippen MR) is 71.5 cm³/mol. The third-order valence-corrected chi connectivity index (χ3v) is 5.87. The van der Waals surface area contributed by atoms with E-state index in [-0.39, 0.29) is 12.1 Å². The number of rotatable bonds is 4. The summed E-state index contributed by atoms with van der Waals surface area (Å²) in [6.07, 6.45) is 11.1. The van der Waals surface area contributed by atoms with E-state index in [2.05, 4.69) is 0 Å². The quantitative estimate of drug-likeness (QED) is 0.792. The van der Waals surface area contributed by atoms with Gasteiger partial charge in [0.25, 0.3) is 0 Å². The molecule has 0 radical (unpaired) electrons. The van der Waals surface area contributed by atoms with Crippen LogP contribution in [0.25, 0.3) is 0 Å². The van der Waals surface area contributed by atoms with Crippen LogP contribution < -0.4 is 0 Å². The first-order valence-electron chi connectivity index (χ1n) is 7.24. The Morgan fingerprint density at radius 1 is 0.833 bits per heavy atom. The van der Waals surface area contributed by atoms with Gasteiger partial charge < -0.3 is 0 Å². The molecule has 18 heavy (non-hydrogen) atoms. The second-order valence-electron chi connectivity index (χ2n) is 5.54. The van der Waals surface area contributed by atoms with Crippen LogP contribution in [0.15, 0.2) is 0 Å². The molecule has 2 saturated carbocycles. The van der Waals surface area contributed by atoms with Gasteiger partial charge in [0.05, 0.1) is 7.11 Å². The summed E-state index contributed by atoms with van der Waals surface area (Å²) >= 11 is 0. The van der Waals surface area contributed by atoms with Gasteiger partial charge in [-0.25, -0.2) is 0 Å². The monoisotopic (exact) mass is 275 g/mol. The minimum Gasteiger partial charge on any atom is -0.261 e. The van der Waals surface area contributed by atoms with Crippen molar-refractivity contribution in [3.8, 4) is 0 Å².